The molecule has 0 atom stereocenters. The van der Waals surface area contributed by atoms with E-state index in [1.165, 1.54) is 23.1 Å². The lowest BCUT2D eigenvalue weighted by Crippen LogP contribution is -2.24. The smallest absolute Gasteiger partial charge is 0.251 e. The number of hydrogen-bond donors (Lipinski definition) is 2. The molecule has 13 heteroatoms. The second kappa shape index (κ2) is 11.4. The molecule has 0 saturated heterocycles. The van der Waals surface area contributed by atoms with E-state index in [4.69, 9.17) is 23.2 Å². The maximum atomic E-state index is 12.7. The predicted octanol–water partition coefficient (Wildman–Crippen LogP) is 5.01. The lowest BCUT2D eigenvalue weighted by atomic mass is 10.1. The molecule has 2 amide bonds. The monoisotopic (exact) mass is 561 g/mol. The van der Waals surface area contributed by atoms with E-state index in [2.05, 4.69) is 31.0 Å². The first-order valence-corrected chi connectivity index (χ1v) is 13.2. The van der Waals surface area contributed by atoms with Gasteiger partial charge in [0.1, 0.15) is 5.01 Å². The fourth-order valence-electron chi connectivity index (χ4n) is 3.17. The average Bonchev–Trinajstić information content (AvgIpc) is 3.45. The van der Waals surface area contributed by atoms with Crippen molar-refractivity contribution in [2.45, 2.75) is 32.5 Å². The van der Waals surface area contributed by atoms with E-state index in [1.54, 1.807) is 28.8 Å². The molecule has 2 heterocycles. The van der Waals surface area contributed by atoms with Crippen molar-refractivity contribution in [3.63, 3.8) is 0 Å². The highest BCUT2D eigenvalue weighted by Gasteiger charge is 2.18. The molecule has 0 saturated carbocycles. The van der Waals surface area contributed by atoms with Crippen LogP contribution in [0.25, 0.3) is 5.69 Å². The third kappa shape index (κ3) is 6.22. The van der Waals surface area contributed by atoms with Gasteiger partial charge in [0.25, 0.3) is 5.91 Å². The Morgan fingerprint density at radius 2 is 1.78 bits per heavy atom. The van der Waals surface area contributed by atoms with Crippen molar-refractivity contribution in [1.82, 2.24) is 30.3 Å². The van der Waals surface area contributed by atoms with E-state index in [0.717, 1.165) is 16.1 Å². The second-order valence-electron chi connectivity index (χ2n) is 7.78. The summed E-state index contributed by atoms with van der Waals surface area (Å²) in [5, 5.41) is 24.3. The summed E-state index contributed by atoms with van der Waals surface area (Å²) in [6.07, 6.45) is 0. The molecule has 2 N–H and O–H groups in total. The molecule has 0 fully saturated rings. The zero-order valence-corrected chi connectivity index (χ0v) is 22.6. The molecular formula is C23H21Cl2N7O2S2. The molecule has 0 bridgehead atoms. The van der Waals surface area contributed by atoms with Gasteiger partial charge in [-0.1, -0.05) is 52.4 Å². The normalized spacial score (nSPS) is 10.9. The SMILES string of the molecule is Cc1nnc(NC(=O)CSc2nnc(CNC(=O)c3ccc(C)c(C)c3)n2-c2ccc(Cl)c(Cl)c2)s1. The van der Waals surface area contributed by atoms with Gasteiger partial charge in [0.05, 0.1) is 28.0 Å². The first-order chi connectivity index (χ1) is 17.2. The highest BCUT2D eigenvalue weighted by atomic mass is 35.5. The number of nitrogens with one attached hydrogen (secondary N) is 2. The van der Waals surface area contributed by atoms with Crippen LogP contribution in [-0.4, -0.2) is 42.5 Å². The minimum atomic E-state index is -0.260. The molecule has 0 spiro atoms. The van der Waals surface area contributed by atoms with E-state index >= 15 is 0 Å². The van der Waals surface area contributed by atoms with Crippen LogP contribution in [0.1, 0.15) is 32.3 Å². The van der Waals surface area contributed by atoms with Crippen LogP contribution in [0.2, 0.25) is 10.0 Å². The first kappa shape index (κ1) is 26.1. The minimum absolute atomic E-state index is 0.0626. The van der Waals surface area contributed by atoms with Gasteiger partial charge in [0, 0.05) is 5.56 Å². The Hall–Kier alpha value is -2.99. The van der Waals surface area contributed by atoms with Crippen molar-refractivity contribution in [2.75, 3.05) is 11.1 Å². The van der Waals surface area contributed by atoms with Crippen LogP contribution in [0.3, 0.4) is 0 Å². The van der Waals surface area contributed by atoms with E-state index < -0.39 is 0 Å². The number of carbonyl (C=O) groups is 2. The molecule has 9 nitrogen and oxygen atoms in total. The van der Waals surface area contributed by atoms with E-state index in [9.17, 15) is 9.59 Å². The maximum Gasteiger partial charge on any atom is 0.251 e. The predicted molar refractivity (Wildman–Crippen MR) is 142 cm³/mol. The molecule has 0 aliphatic heterocycles. The van der Waals surface area contributed by atoms with Crippen LogP contribution in [0, 0.1) is 20.8 Å². The zero-order chi connectivity index (χ0) is 25.8. The van der Waals surface area contributed by atoms with Crippen molar-refractivity contribution in [3.8, 4) is 5.69 Å². The summed E-state index contributed by atoms with van der Waals surface area (Å²) in [6.45, 7) is 5.86. The molecule has 0 radical (unpaired) electrons. The van der Waals surface area contributed by atoms with Gasteiger partial charge in [0.15, 0.2) is 11.0 Å². The fraction of sp³-hybridized carbons (Fsp3) is 0.217. The van der Waals surface area contributed by atoms with Gasteiger partial charge in [-0.15, -0.1) is 20.4 Å². The number of rotatable bonds is 8. The van der Waals surface area contributed by atoms with Crippen molar-refractivity contribution in [1.29, 1.82) is 0 Å². The summed E-state index contributed by atoms with van der Waals surface area (Å²) in [4.78, 5) is 25.2. The van der Waals surface area contributed by atoms with Crippen LogP contribution in [0.4, 0.5) is 5.13 Å². The number of carbonyl (C=O) groups excluding carboxylic acids is 2. The topological polar surface area (TPSA) is 115 Å². The summed E-state index contributed by atoms with van der Waals surface area (Å²) in [5.74, 6) is 0.0352. The summed E-state index contributed by atoms with van der Waals surface area (Å²) in [7, 11) is 0. The van der Waals surface area contributed by atoms with Crippen molar-refractivity contribution < 1.29 is 9.59 Å². The molecular weight excluding hydrogens is 541 g/mol. The molecule has 186 valence electrons. The first-order valence-electron chi connectivity index (χ1n) is 10.7. The molecule has 0 unspecified atom stereocenters. The minimum Gasteiger partial charge on any atom is -0.345 e. The van der Waals surface area contributed by atoms with Gasteiger partial charge in [-0.2, -0.15) is 0 Å². The third-order valence-electron chi connectivity index (χ3n) is 5.14. The molecule has 2 aromatic heterocycles. The highest BCUT2D eigenvalue weighted by molar-refractivity contribution is 7.99. The van der Waals surface area contributed by atoms with Crippen molar-refractivity contribution >= 4 is 63.2 Å². The van der Waals surface area contributed by atoms with Crippen LogP contribution in [0.15, 0.2) is 41.6 Å². The summed E-state index contributed by atoms with van der Waals surface area (Å²) in [6, 6.07) is 10.6. The Morgan fingerprint density at radius 3 is 2.47 bits per heavy atom. The number of nitrogens with zero attached hydrogens (tertiary/aromatic N) is 5. The average molecular weight is 563 g/mol. The quantitative estimate of drug-likeness (QED) is 0.290. The van der Waals surface area contributed by atoms with Crippen molar-refractivity contribution in [2.24, 2.45) is 0 Å². The second-order valence-corrected chi connectivity index (χ2v) is 10.7. The van der Waals surface area contributed by atoms with E-state index in [1.807, 2.05) is 32.9 Å². The number of aryl methyl sites for hydroxylation is 3. The molecule has 0 aliphatic carbocycles. The van der Waals surface area contributed by atoms with Gasteiger partial charge in [0.2, 0.25) is 11.0 Å². The van der Waals surface area contributed by atoms with Gasteiger partial charge in [-0.3, -0.25) is 19.5 Å². The summed E-state index contributed by atoms with van der Waals surface area (Å²) >= 11 is 14.8. The standard InChI is InChI=1S/C23H21Cl2N7O2S2/c1-12-4-5-15(8-13(12)2)21(34)26-10-19-29-31-23(32(19)16-6-7-17(24)18(25)9-16)35-11-20(33)27-22-30-28-14(3)36-22/h4-9H,10-11H2,1-3H3,(H,26,34)(H,27,30,33). The third-order valence-corrected chi connectivity index (χ3v) is 7.56. The lowest BCUT2D eigenvalue weighted by Gasteiger charge is -2.12. The summed E-state index contributed by atoms with van der Waals surface area (Å²) in [5.41, 5.74) is 3.34. The molecule has 36 heavy (non-hydrogen) atoms. The molecule has 2 aromatic carbocycles. The van der Waals surface area contributed by atoms with Gasteiger partial charge in [-0.25, -0.2) is 0 Å². The van der Waals surface area contributed by atoms with Gasteiger partial charge in [-0.05, 0) is 62.2 Å². The summed E-state index contributed by atoms with van der Waals surface area (Å²) < 4.78 is 1.73. The van der Waals surface area contributed by atoms with E-state index in [-0.39, 0.29) is 24.1 Å². The molecule has 4 rings (SSSR count). The molecule has 0 aliphatic rings. The highest BCUT2D eigenvalue weighted by Crippen LogP contribution is 2.28. The number of hydrogen-bond acceptors (Lipinski definition) is 8. The van der Waals surface area contributed by atoms with E-state index in [0.29, 0.717) is 37.4 Å². The van der Waals surface area contributed by atoms with Crippen LogP contribution < -0.4 is 10.6 Å². The van der Waals surface area contributed by atoms with Gasteiger partial charge >= 0.3 is 0 Å². The fourth-order valence-corrected chi connectivity index (χ4v) is 4.84. The largest absolute Gasteiger partial charge is 0.345 e. The van der Waals surface area contributed by atoms with Crippen LogP contribution in [-0.2, 0) is 11.3 Å². The number of amides is 2. The number of benzene rings is 2. The van der Waals surface area contributed by atoms with Gasteiger partial charge < -0.3 is 5.32 Å². The number of anilines is 1. The number of halogens is 2. The Balaban J connectivity index is 1.53. The van der Waals surface area contributed by atoms with Crippen LogP contribution in [0.5, 0.6) is 0 Å². The van der Waals surface area contributed by atoms with Crippen LogP contribution >= 0.6 is 46.3 Å². The lowest BCUT2D eigenvalue weighted by molar-refractivity contribution is -0.113. The molecule has 4 aromatic rings. The Morgan fingerprint density at radius 1 is 0.972 bits per heavy atom. The van der Waals surface area contributed by atoms with Crippen molar-refractivity contribution in [3.05, 3.63) is 74.0 Å². The zero-order valence-electron chi connectivity index (χ0n) is 19.5. The Labute approximate surface area is 225 Å². The Bertz CT molecular complexity index is 1440. The number of aromatic nitrogens is 5. The maximum absolute atomic E-state index is 12.7. The number of thioether (sulfide) groups is 1. The Kier molecular flexibility index (Phi) is 8.24.